The highest BCUT2D eigenvalue weighted by atomic mass is 16.5. The van der Waals surface area contributed by atoms with E-state index in [9.17, 15) is 4.79 Å². The van der Waals surface area contributed by atoms with Gasteiger partial charge in [-0.25, -0.2) is 0 Å². The Hall–Kier alpha value is -2.01. The minimum atomic E-state index is -0.0376. The van der Waals surface area contributed by atoms with Gasteiger partial charge in [0.15, 0.2) is 0 Å². The van der Waals surface area contributed by atoms with E-state index in [0.717, 1.165) is 36.5 Å². The first-order chi connectivity index (χ1) is 10.7. The van der Waals surface area contributed by atoms with Gasteiger partial charge >= 0.3 is 0 Å². The molecule has 5 nitrogen and oxygen atoms in total. The Balaban J connectivity index is 0.000000847. The quantitative estimate of drug-likeness (QED) is 0.891. The Bertz CT molecular complexity index is 645. The molecule has 0 radical (unpaired) electrons. The molecule has 1 aliphatic rings. The van der Waals surface area contributed by atoms with E-state index in [1.54, 1.807) is 0 Å². The summed E-state index contributed by atoms with van der Waals surface area (Å²) in [5.41, 5.74) is 2.69. The van der Waals surface area contributed by atoms with E-state index in [-0.39, 0.29) is 5.91 Å². The van der Waals surface area contributed by atoms with Crippen molar-refractivity contribution in [2.45, 2.75) is 26.7 Å². The first kappa shape index (κ1) is 16.4. The fraction of sp³-hybridized carbons (Fsp3) is 0.471. The van der Waals surface area contributed by atoms with Crippen molar-refractivity contribution in [3.05, 3.63) is 35.7 Å². The van der Waals surface area contributed by atoms with Crippen molar-refractivity contribution in [2.75, 3.05) is 20.3 Å². The molecule has 1 amide bonds. The number of hydrogen-bond acceptors (Lipinski definition) is 3. The fourth-order valence-corrected chi connectivity index (χ4v) is 2.40. The summed E-state index contributed by atoms with van der Waals surface area (Å²) < 4.78 is 7.71. The van der Waals surface area contributed by atoms with E-state index in [0.29, 0.717) is 12.2 Å². The molecule has 2 heterocycles. The summed E-state index contributed by atoms with van der Waals surface area (Å²) in [5.74, 6) is 1.51. The average Bonchev–Trinajstić information content (AvgIpc) is 3.28. The van der Waals surface area contributed by atoms with Crippen LogP contribution in [0.2, 0.25) is 0 Å². The smallest absolute Gasteiger partial charge is 0.268 e. The highest BCUT2D eigenvalue weighted by Crippen LogP contribution is 2.30. The minimum absolute atomic E-state index is 0.0376. The second kappa shape index (κ2) is 7.31. The number of carbonyl (C=O) groups is 1. The number of aliphatic hydroxyl groups is 1. The van der Waals surface area contributed by atoms with Crippen molar-refractivity contribution in [1.29, 1.82) is 0 Å². The Morgan fingerprint density at radius 2 is 2.14 bits per heavy atom. The van der Waals surface area contributed by atoms with Crippen LogP contribution >= 0.6 is 0 Å². The number of pyridine rings is 1. The number of aryl methyl sites for hydroxylation is 1. The third kappa shape index (κ3) is 3.60. The minimum Gasteiger partial charge on any atom is -0.492 e. The van der Waals surface area contributed by atoms with Crippen molar-refractivity contribution in [3.8, 4) is 5.75 Å². The maximum atomic E-state index is 12.2. The lowest BCUT2D eigenvalue weighted by Crippen LogP contribution is -2.24. The predicted octanol–water partition coefficient (Wildman–Crippen LogP) is 2.39. The normalized spacial score (nSPS) is 13.5. The summed E-state index contributed by atoms with van der Waals surface area (Å²) in [7, 11) is 1.00. The molecule has 1 fully saturated rings. The van der Waals surface area contributed by atoms with Gasteiger partial charge in [-0.05, 0) is 56.4 Å². The summed E-state index contributed by atoms with van der Waals surface area (Å²) in [6.45, 7) is 5.29. The van der Waals surface area contributed by atoms with Gasteiger partial charge in [-0.2, -0.15) is 0 Å². The highest BCUT2D eigenvalue weighted by Gasteiger charge is 2.22. The lowest BCUT2D eigenvalue weighted by Gasteiger charge is -2.08. The number of hydrogen-bond donors (Lipinski definition) is 2. The Labute approximate surface area is 130 Å². The zero-order valence-electron chi connectivity index (χ0n) is 13.4. The number of carbonyl (C=O) groups excluding carboxylic acids is 1. The number of rotatable bonds is 5. The molecule has 1 aliphatic carbocycles. The Kier molecular flexibility index (Phi) is 5.44. The molecule has 0 saturated heterocycles. The van der Waals surface area contributed by atoms with Gasteiger partial charge in [0.2, 0.25) is 0 Å². The van der Waals surface area contributed by atoms with Crippen LogP contribution in [-0.2, 0) is 0 Å². The molecule has 0 aromatic carbocycles. The van der Waals surface area contributed by atoms with Gasteiger partial charge in [-0.3, -0.25) is 4.79 Å². The fourth-order valence-electron chi connectivity index (χ4n) is 2.40. The topological polar surface area (TPSA) is 63.0 Å². The highest BCUT2D eigenvalue weighted by molar-refractivity contribution is 5.95. The van der Waals surface area contributed by atoms with Crippen LogP contribution in [-0.4, -0.2) is 35.7 Å². The van der Waals surface area contributed by atoms with Gasteiger partial charge in [0.1, 0.15) is 11.4 Å². The van der Waals surface area contributed by atoms with Gasteiger partial charge in [-0.1, -0.05) is 0 Å². The van der Waals surface area contributed by atoms with Gasteiger partial charge in [0, 0.05) is 19.2 Å². The molecule has 0 aliphatic heterocycles. The zero-order chi connectivity index (χ0) is 16.1. The van der Waals surface area contributed by atoms with Crippen molar-refractivity contribution in [2.24, 2.45) is 5.92 Å². The molecule has 2 aromatic rings. The maximum absolute atomic E-state index is 12.2. The van der Waals surface area contributed by atoms with Gasteiger partial charge in [-0.15, -0.1) is 0 Å². The number of aliphatic hydroxyl groups excluding tert-OH is 1. The van der Waals surface area contributed by atoms with Crippen molar-refractivity contribution < 1.29 is 14.6 Å². The summed E-state index contributed by atoms with van der Waals surface area (Å²) >= 11 is 0. The lowest BCUT2D eigenvalue weighted by molar-refractivity contribution is 0.0949. The summed E-state index contributed by atoms with van der Waals surface area (Å²) in [5, 5.41) is 9.86. The van der Waals surface area contributed by atoms with E-state index in [4.69, 9.17) is 9.84 Å². The number of amides is 1. The molecule has 2 N–H and O–H groups in total. The van der Waals surface area contributed by atoms with Crippen LogP contribution in [0, 0.1) is 12.8 Å². The van der Waals surface area contributed by atoms with Crippen molar-refractivity contribution in [3.63, 3.8) is 0 Å². The van der Waals surface area contributed by atoms with E-state index >= 15 is 0 Å². The number of ether oxygens (including phenoxy) is 1. The summed E-state index contributed by atoms with van der Waals surface area (Å²) in [6, 6.07) is 5.99. The molecule has 2 aromatic heterocycles. The van der Waals surface area contributed by atoms with E-state index in [1.165, 1.54) is 12.8 Å². The molecule has 120 valence electrons. The molecule has 1 saturated carbocycles. The van der Waals surface area contributed by atoms with Crippen LogP contribution in [0.4, 0.5) is 0 Å². The first-order valence-corrected chi connectivity index (χ1v) is 7.66. The Morgan fingerprint density at radius 3 is 2.77 bits per heavy atom. The van der Waals surface area contributed by atoms with Gasteiger partial charge < -0.3 is 19.6 Å². The number of fused-ring (bicyclic) bond motifs is 1. The molecule has 0 unspecified atom stereocenters. The first-order valence-electron chi connectivity index (χ1n) is 7.66. The van der Waals surface area contributed by atoms with Crippen LogP contribution < -0.4 is 10.1 Å². The zero-order valence-corrected chi connectivity index (χ0v) is 13.4. The largest absolute Gasteiger partial charge is 0.492 e. The molecular formula is C17H24N2O3. The van der Waals surface area contributed by atoms with Crippen molar-refractivity contribution >= 4 is 11.4 Å². The maximum Gasteiger partial charge on any atom is 0.268 e. The summed E-state index contributed by atoms with van der Waals surface area (Å²) in [4.78, 5) is 12.2. The molecule has 0 spiro atoms. The van der Waals surface area contributed by atoms with Crippen LogP contribution in [0.3, 0.4) is 0 Å². The number of nitrogens with zero attached hydrogens (tertiary/aromatic N) is 1. The SMILES string of the molecule is CCNC(=O)c1c(C)cc2ccc(OCC3CC3)cn12.CO. The molecule has 22 heavy (non-hydrogen) atoms. The number of aromatic nitrogens is 1. The molecule has 0 bridgehead atoms. The second-order valence-corrected chi connectivity index (χ2v) is 5.45. The van der Waals surface area contributed by atoms with Crippen LogP contribution in [0.15, 0.2) is 24.4 Å². The predicted molar refractivity (Wildman–Crippen MR) is 86.5 cm³/mol. The van der Waals surface area contributed by atoms with E-state index < -0.39 is 0 Å². The third-order valence-corrected chi connectivity index (χ3v) is 3.67. The number of nitrogens with one attached hydrogen (secondary N) is 1. The second-order valence-electron chi connectivity index (χ2n) is 5.45. The molecule has 0 atom stereocenters. The molecule has 3 rings (SSSR count). The third-order valence-electron chi connectivity index (χ3n) is 3.67. The molecule has 5 heteroatoms. The average molecular weight is 304 g/mol. The van der Waals surface area contributed by atoms with Crippen molar-refractivity contribution in [1.82, 2.24) is 9.72 Å². The van der Waals surface area contributed by atoms with Gasteiger partial charge in [0.25, 0.3) is 5.91 Å². The van der Waals surface area contributed by atoms with Crippen LogP contribution in [0.1, 0.15) is 35.8 Å². The van der Waals surface area contributed by atoms with Crippen LogP contribution in [0.5, 0.6) is 5.75 Å². The standard InChI is InChI=1S/C16H20N2O2.CH4O/c1-3-17-16(19)15-11(2)8-13-6-7-14(9-18(13)15)20-10-12-4-5-12;1-2/h6-9,12H,3-5,10H2,1-2H3,(H,17,19);2H,1H3. The lowest BCUT2D eigenvalue weighted by atomic mass is 10.2. The monoisotopic (exact) mass is 304 g/mol. The van der Waals surface area contributed by atoms with E-state index in [1.807, 2.05) is 42.6 Å². The van der Waals surface area contributed by atoms with E-state index in [2.05, 4.69) is 5.32 Å². The Morgan fingerprint density at radius 1 is 1.41 bits per heavy atom. The van der Waals surface area contributed by atoms with Crippen LogP contribution in [0.25, 0.3) is 5.52 Å². The molecular weight excluding hydrogens is 280 g/mol. The summed E-state index contributed by atoms with van der Waals surface area (Å²) in [6.07, 6.45) is 4.46. The van der Waals surface area contributed by atoms with Gasteiger partial charge in [0.05, 0.1) is 12.8 Å².